The van der Waals surface area contributed by atoms with Crippen LogP contribution in [-0.4, -0.2) is 17.5 Å². The summed E-state index contributed by atoms with van der Waals surface area (Å²) in [6.07, 6.45) is 3.06. The van der Waals surface area contributed by atoms with E-state index in [1.807, 2.05) is 6.92 Å². The molecule has 18 heavy (non-hydrogen) atoms. The largest absolute Gasteiger partial charge is 0.478 e. The van der Waals surface area contributed by atoms with Crippen LogP contribution in [0.4, 0.5) is 0 Å². The molecule has 0 saturated heterocycles. The third kappa shape index (κ3) is 3.10. The molecule has 1 amide bonds. The minimum Gasteiger partial charge on any atom is -0.478 e. The number of nitrogens with one attached hydrogen (secondary N) is 1. The van der Waals surface area contributed by atoms with Gasteiger partial charge in [0.2, 0.25) is 5.88 Å². The lowest BCUT2D eigenvalue weighted by Crippen LogP contribution is -2.22. The van der Waals surface area contributed by atoms with E-state index in [4.69, 9.17) is 9.15 Å². The van der Waals surface area contributed by atoms with E-state index in [1.165, 1.54) is 6.20 Å². The summed E-state index contributed by atoms with van der Waals surface area (Å²) in [4.78, 5) is 15.8. The molecule has 0 aromatic carbocycles. The van der Waals surface area contributed by atoms with Crippen LogP contribution in [-0.2, 0) is 6.54 Å². The van der Waals surface area contributed by atoms with Gasteiger partial charge >= 0.3 is 0 Å². The fourth-order valence-electron chi connectivity index (χ4n) is 1.43. The standard InChI is InChI=1S/C13H14N2O3/c1-2-17-12-6-5-10(8-14-12)13(16)15-9-11-4-3-7-18-11/h3-8H,2,9H2,1H3,(H,15,16). The van der Waals surface area contributed by atoms with Crippen LogP contribution in [0.25, 0.3) is 0 Å². The molecule has 5 heteroatoms. The van der Waals surface area contributed by atoms with Crippen LogP contribution in [0.1, 0.15) is 23.0 Å². The molecule has 0 bridgehead atoms. The molecule has 0 unspecified atom stereocenters. The van der Waals surface area contributed by atoms with Crippen molar-refractivity contribution < 1.29 is 13.9 Å². The molecular weight excluding hydrogens is 232 g/mol. The molecule has 2 aromatic rings. The Balaban J connectivity index is 1.92. The predicted octanol–water partition coefficient (Wildman–Crippen LogP) is 2.00. The molecule has 0 atom stereocenters. The topological polar surface area (TPSA) is 64.4 Å². The number of aromatic nitrogens is 1. The lowest BCUT2D eigenvalue weighted by molar-refractivity contribution is 0.0947. The highest BCUT2D eigenvalue weighted by atomic mass is 16.5. The van der Waals surface area contributed by atoms with Gasteiger partial charge in [0, 0.05) is 12.3 Å². The van der Waals surface area contributed by atoms with Crippen LogP contribution >= 0.6 is 0 Å². The zero-order chi connectivity index (χ0) is 12.8. The first-order chi connectivity index (χ1) is 8.79. The molecule has 5 nitrogen and oxygen atoms in total. The minimum absolute atomic E-state index is 0.193. The summed E-state index contributed by atoms with van der Waals surface area (Å²) in [6, 6.07) is 6.93. The van der Waals surface area contributed by atoms with Gasteiger partial charge in [-0.1, -0.05) is 0 Å². The molecule has 1 N–H and O–H groups in total. The van der Waals surface area contributed by atoms with E-state index in [0.717, 1.165) is 0 Å². The molecule has 0 aliphatic heterocycles. The highest BCUT2D eigenvalue weighted by Crippen LogP contribution is 2.07. The van der Waals surface area contributed by atoms with Crippen LogP contribution in [0, 0.1) is 0 Å². The molecule has 0 aliphatic carbocycles. The lowest BCUT2D eigenvalue weighted by atomic mass is 10.2. The van der Waals surface area contributed by atoms with E-state index < -0.39 is 0 Å². The summed E-state index contributed by atoms with van der Waals surface area (Å²) >= 11 is 0. The normalized spacial score (nSPS) is 10.1. The molecule has 0 radical (unpaired) electrons. The Labute approximate surface area is 105 Å². The van der Waals surface area contributed by atoms with Crippen LogP contribution < -0.4 is 10.1 Å². The van der Waals surface area contributed by atoms with Crippen LogP contribution in [0.5, 0.6) is 5.88 Å². The SMILES string of the molecule is CCOc1ccc(C(=O)NCc2ccco2)cn1. The number of carbonyl (C=O) groups is 1. The number of hydrogen-bond acceptors (Lipinski definition) is 4. The Bertz CT molecular complexity index is 491. The maximum atomic E-state index is 11.8. The Hall–Kier alpha value is -2.30. The summed E-state index contributed by atoms with van der Waals surface area (Å²) in [7, 11) is 0. The minimum atomic E-state index is -0.193. The van der Waals surface area contributed by atoms with Gasteiger partial charge in [0.05, 0.1) is 25.0 Å². The van der Waals surface area contributed by atoms with Crippen molar-refractivity contribution in [2.24, 2.45) is 0 Å². The van der Waals surface area contributed by atoms with Crippen molar-refractivity contribution >= 4 is 5.91 Å². The second kappa shape index (κ2) is 5.86. The quantitative estimate of drug-likeness (QED) is 0.876. The van der Waals surface area contributed by atoms with Gasteiger partial charge < -0.3 is 14.5 Å². The van der Waals surface area contributed by atoms with E-state index in [2.05, 4.69) is 10.3 Å². The number of hydrogen-bond donors (Lipinski definition) is 1. The lowest BCUT2D eigenvalue weighted by Gasteiger charge is -2.04. The number of ether oxygens (including phenoxy) is 1. The van der Waals surface area contributed by atoms with Crippen molar-refractivity contribution in [3.63, 3.8) is 0 Å². The van der Waals surface area contributed by atoms with Gasteiger partial charge in [-0.25, -0.2) is 4.98 Å². The highest BCUT2D eigenvalue weighted by Gasteiger charge is 2.06. The summed E-state index contributed by atoms with van der Waals surface area (Å²) < 4.78 is 10.3. The molecule has 2 heterocycles. The predicted molar refractivity (Wildman–Crippen MR) is 65.3 cm³/mol. The van der Waals surface area contributed by atoms with Crippen molar-refractivity contribution in [3.8, 4) is 5.88 Å². The first-order valence-corrected chi connectivity index (χ1v) is 5.69. The molecule has 94 valence electrons. The van der Waals surface area contributed by atoms with Crippen LogP contribution in [0.15, 0.2) is 41.1 Å². The number of pyridine rings is 1. The van der Waals surface area contributed by atoms with Crippen molar-refractivity contribution in [2.75, 3.05) is 6.61 Å². The maximum absolute atomic E-state index is 11.8. The average Bonchev–Trinajstić information content (AvgIpc) is 2.90. The first kappa shape index (κ1) is 12.2. The van der Waals surface area contributed by atoms with Gasteiger partial charge in [-0.3, -0.25) is 4.79 Å². The summed E-state index contributed by atoms with van der Waals surface area (Å²) in [5.74, 6) is 1.03. The van der Waals surface area contributed by atoms with Crippen molar-refractivity contribution in [2.45, 2.75) is 13.5 Å². The molecule has 2 rings (SSSR count). The molecule has 0 spiro atoms. The highest BCUT2D eigenvalue weighted by molar-refractivity contribution is 5.93. The van der Waals surface area contributed by atoms with Gasteiger partial charge in [-0.2, -0.15) is 0 Å². The second-order valence-electron chi connectivity index (χ2n) is 3.58. The van der Waals surface area contributed by atoms with Crippen molar-refractivity contribution in [3.05, 3.63) is 48.0 Å². The number of amides is 1. The molecular formula is C13H14N2O3. The summed E-state index contributed by atoms with van der Waals surface area (Å²) in [5.41, 5.74) is 0.491. The fourth-order valence-corrected chi connectivity index (χ4v) is 1.43. The van der Waals surface area contributed by atoms with Gasteiger partial charge in [0.15, 0.2) is 0 Å². The monoisotopic (exact) mass is 246 g/mol. The number of carbonyl (C=O) groups excluding carboxylic acids is 1. The van der Waals surface area contributed by atoms with Gasteiger partial charge in [0.25, 0.3) is 5.91 Å². The number of rotatable bonds is 5. The van der Waals surface area contributed by atoms with E-state index in [-0.39, 0.29) is 5.91 Å². The molecule has 0 fully saturated rings. The van der Waals surface area contributed by atoms with Crippen molar-refractivity contribution in [1.82, 2.24) is 10.3 Å². The van der Waals surface area contributed by atoms with Gasteiger partial charge in [0.1, 0.15) is 5.76 Å². The maximum Gasteiger partial charge on any atom is 0.253 e. The van der Waals surface area contributed by atoms with Crippen molar-refractivity contribution in [1.29, 1.82) is 0 Å². The fraction of sp³-hybridized carbons (Fsp3) is 0.231. The van der Waals surface area contributed by atoms with E-state index in [1.54, 1.807) is 30.5 Å². The van der Waals surface area contributed by atoms with Gasteiger partial charge in [-0.05, 0) is 25.1 Å². The van der Waals surface area contributed by atoms with E-state index in [9.17, 15) is 4.79 Å². The summed E-state index contributed by atoms with van der Waals surface area (Å²) in [5, 5.41) is 2.74. The number of nitrogens with zero attached hydrogens (tertiary/aromatic N) is 1. The van der Waals surface area contributed by atoms with E-state index >= 15 is 0 Å². The smallest absolute Gasteiger partial charge is 0.253 e. The van der Waals surface area contributed by atoms with Gasteiger partial charge in [-0.15, -0.1) is 0 Å². The molecule has 0 saturated carbocycles. The Morgan fingerprint density at radius 2 is 2.33 bits per heavy atom. The Morgan fingerprint density at radius 1 is 1.44 bits per heavy atom. The Kier molecular flexibility index (Phi) is 3.96. The van der Waals surface area contributed by atoms with E-state index in [0.29, 0.717) is 30.4 Å². The first-order valence-electron chi connectivity index (χ1n) is 5.69. The zero-order valence-electron chi connectivity index (χ0n) is 10.1. The average molecular weight is 246 g/mol. The van der Waals surface area contributed by atoms with Crippen LogP contribution in [0.2, 0.25) is 0 Å². The third-order valence-electron chi connectivity index (χ3n) is 2.29. The Morgan fingerprint density at radius 3 is 2.94 bits per heavy atom. The second-order valence-corrected chi connectivity index (χ2v) is 3.58. The zero-order valence-corrected chi connectivity index (χ0v) is 10.1. The molecule has 0 aliphatic rings. The number of furan rings is 1. The molecule has 2 aromatic heterocycles. The third-order valence-corrected chi connectivity index (χ3v) is 2.29. The summed E-state index contributed by atoms with van der Waals surface area (Å²) in [6.45, 7) is 2.79. The van der Waals surface area contributed by atoms with Crippen LogP contribution in [0.3, 0.4) is 0 Å².